The summed E-state index contributed by atoms with van der Waals surface area (Å²) in [6.45, 7) is 2.81. The number of anilines is 1. The smallest absolute Gasteiger partial charge is 0.335 e. The van der Waals surface area contributed by atoms with Crippen molar-refractivity contribution >= 4 is 27.6 Å². The fourth-order valence-corrected chi connectivity index (χ4v) is 2.80. The molecule has 2 atom stereocenters. The Morgan fingerprint density at radius 1 is 1.50 bits per heavy atom. The molecule has 1 N–H and O–H groups in total. The summed E-state index contributed by atoms with van der Waals surface area (Å²) in [7, 11) is 1.98. The molecular formula is C13H16BrNO3. The number of rotatable bonds is 3. The number of nitrogens with zero attached hydrogens (tertiary/aromatic N) is 1. The molecule has 5 heteroatoms. The molecular weight excluding hydrogens is 298 g/mol. The summed E-state index contributed by atoms with van der Waals surface area (Å²) in [5.41, 5.74) is 1.18. The predicted molar refractivity (Wildman–Crippen MR) is 73.3 cm³/mol. The number of hydrogen-bond donors (Lipinski definition) is 1. The van der Waals surface area contributed by atoms with Gasteiger partial charge in [-0.3, -0.25) is 0 Å². The van der Waals surface area contributed by atoms with Crippen LogP contribution in [0.3, 0.4) is 0 Å². The van der Waals surface area contributed by atoms with Crippen LogP contribution < -0.4 is 4.90 Å². The lowest BCUT2D eigenvalue weighted by atomic mass is 10.1. The van der Waals surface area contributed by atoms with Crippen molar-refractivity contribution in [3.05, 3.63) is 28.2 Å². The van der Waals surface area contributed by atoms with Gasteiger partial charge in [0.15, 0.2) is 0 Å². The molecule has 2 rings (SSSR count). The molecule has 2 unspecified atom stereocenters. The summed E-state index contributed by atoms with van der Waals surface area (Å²) in [6.07, 6.45) is 1.13. The number of hydrogen-bond acceptors (Lipinski definition) is 3. The van der Waals surface area contributed by atoms with Crippen molar-refractivity contribution in [1.82, 2.24) is 0 Å². The molecule has 1 saturated heterocycles. The number of likely N-dealkylation sites (N-methyl/N-ethyl adjacent to an activating group) is 1. The van der Waals surface area contributed by atoms with Crippen molar-refractivity contribution in [2.24, 2.45) is 0 Å². The van der Waals surface area contributed by atoms with Gasteiger partial charge in [0.2, 0.25) is 0 Å². The largest absolute Gasteiger partial charge is 0.478 e. The van der Waals surface area contributed by atoms with Crippen molar-refractivity contribution in [3.8, 4) is 0 Å². The maximum absolute atomic E-state index is 11.0. The van der Waals surface area contributed by atoms with Crippen molar-refractivity contribution in [1.29, 1.82) is 0 Å². The van der Waals surface area contributed by atoms with E-state index in [9.17, 15) is 4.79 Å². The van der Waals surface area contributed by atoms with Gasteiger partial charge in [-0.05, 0) is 31.5 Å². The third-order valence-corrected chi connectivity index (χ3v) is 3.83. The van der Waals surface area contributed by atoms with Crippen LogP contribution in [0.5, 0.6) is 0 Å². The average molecular weight is 314 g/mol. The Bertz CT molecular complexity index is 464. The molecule has 1 aromatic rings. The number of carbonyl (C=O) groups is 1. The van der Waals surface area contributed by atoms with Crippen molar-refractivity contribution in [2.75, 3.05) is 18.6 Å². The third-order valence-electron chi connectivity index (χ3n) is 3.37. The molecule has 0 aliphatic carbocycles. The first-order valence-corrected chi connectivity index (χ1v) is 6.66. The van der Waals surface area contributed by atoms with Gasteiger partial charge in [0.05, 0.1) is 17.7 Å². The van der Waals surface area contributed by atoms with Crippen LogP contribution in [0.2, 0.25) is 0 Å². The first kappa shape index (κ1) is 13.4. The van der Waals surface area contributed by atoms with Crippen molar-refractivity contribution < 1.29 is 14.6 Å². The van der Waals surface area contributed by atoms with E-state index in [-0.39, 0.29) is 11.7 Å². The Hall–Kier alpha value is -1.07. The molecule has 0 spiro atoms. The van der Waals surface area contributed by atoms with Crippen LogP contribution >= 0.6 is 15.9 Å². The second-order valence-corrected chi connectivity index (χ2v) is 5.46. The average Bonchev–Trinajstić information content (AvgIpc) is 2.73. The third kappa shape index (κ3) is 2.67. The number of ether oxygens (including phenoxy) is 1. The monoisotopic (exact) mass is 313 g/mol. The molecule has 1 aromatic carbocycles. The van der Waals surface area contributed by atoms with E-state index in [0.717, 1.165) is 23.2 Å². The molecule has 0 aromatic heterocycles. The Balaban J connectivity index is 2.29. The minimum absolute atomic E-state index is 0.169. The fraction of sp³-hybridized carbons (Fsp3) is 0.462. The Kier molecular flexibility index (Phi) is 3.92. The Morgan fingerprint density at radius 2 is 2.22 bits per heavy atom. The van der Waals surface area contributed by atoms with Gasteiger partial charge in [0, 0.05) is 23.8 Å². The van der Waals surface area contributed by atoms with Gasteiger partial charge < -0.3 is 14.7 Å². The normalized spacial score (nSPS) is 23.1. The molecule has 4 nitrogen and oxygen atoms in total. The molecule has 0 saturated carbocycles. The minimum atomic E-state index is -0.915. The van der Waals surface area contributed by atoms with E-state index in [4.69, 9.17) is 9.84 Å². The molecule has 98 valence electrons. The first-order valence-electron chi connectivity index (χ1n) is 5.87. The van der Waals surface area contributed by atoms with E-state index in [1.165, 1.54) is 0 Å². The molecule has 1 aliphatic heterocycles. The lowest BCUT2D eigenvalue weighted by Gasteiger charge is -2.29. The number of halogens is 1. The van der Waals surface area contributed by atoms with Crippen LogP contribution in [-0.2, 0) is 4.74 Å². The van der Waals surface area contributed by atoms with Crippen LogP contribution in [0.25, 0.3) is 0 Å². The SMILES string of the molecule is CC1OCCC1N(C)c1cc(Br)cc(C(=O)O)c1. The molecule has 1 aliphatic rings. The lowest BCUT2D eigenvalue weighted by Crippen LogP contribution is -2.36. The number of aromatic carboxylic acids is 1. The second kappa shape index (κ2) is 5.28. The first-order chi connectivity index (χ1) is 8.49. The highest BCUT2D eigenvalue weighted by atomic mass is 79.9. The van der Waals surface area contributed by atoms with Crippen LogP contribution in [-0.4, -0.2) is 36.9 Å². The second-order valence-electron chi connectivity index (χ2n) is 4.55. The molecule has 0 radical (unpaired) electrons. The zero-order valence-electron chi connectivity index (χ0n) is 10.4. The van der Waals surface area contributed by atoms with Gasteiger partial charge in [-0.1, -0.05) is 15.9 Å². The van der Waals surface area contributed by atoms with E-state index in [2.05, 4.69) is 20.8 Å². The zero-order valence-corrected chi connectivity index (χ0v) is 12.0. The highest BCUT2D eigenvalue weighted by Crippen LogP contribution is 2.27. The molecule has 1 heterocycles. The van der Waals surface area contributed by atoms with E-state index >= 15 is 0 Å². The highest BCUT2D eigenvalue weighted by molar-refractivity contribution is 9.10. The van der Waals surface area contributed by atoms with Crippen molar-refractivity contribution in [3.63, 3.8) is 0 Å². The summed E-state index contributed by atoms with van der Waals surface area (Å²) >= 11 is 3.35. The number of carboxylic acids is 1. The number of carboxylic acid groups (broad SMARTS) is 1. The van der Waals surface area contributed by atoms with E-state index < -0.39 is 5.97 Å². The van der Waals surface area contributed by atoms with Gasteiger partial charge in [0.1, 0.15) is 0 Å². The zero-order chi connectivity index (χ0) is 13.3. The van der Waals surface area contributed by atoms with Crippen LogP contribution in [0.4, 0.5) is 5.69 Å². The predicted octanol–water partition coefficient (Wildman–Crippen LogP) is 2.76. The van der Waals surface area contributed by atoms with E-state index in [1.54, 1.807) is 12.1 Å². The summed E-state index contributed by atoms with van der Waals surface area (Å²) in [5, 5.41) is 9.07. The van der Waals surface area contributed by atoms with Crippen molar-refractivity contribution in [2.45, 2.75) is 25.5 Å². The maximum Gasteiger partial charge on any atom is 0.335 e. The molecule has 0 bridgehead atoms. The maximum atomic E-state index is 11.0. The van der Waals surface area contributed by atoms with Gasteiger partial charge in [0.25, 0.3) is 0 Å². The number of benzene rings is 1. The standard InChI is InChI=1S/C13H16BrNO3/c1-8-12(3-4-18-8)15(2)11-6-9(13(16)17)5-10(14)7-11/h5-8,12H,3-4H2,1-2H3,(H,16,17). The molecule has 18 heavy (non-hydrogen) atoms. The Morgan fingerprint density at radius 3 is 2.78 bits per heavy atom. The van der Waals surface area contributed by atoms with Crippen LogP contribution in [0.1, 0.15) is 23.7 Å². The van der Waals surface area contributed by atoms with Gasteiger partial charge in [-0.15, -0.1) is 0 Å². The summed E-state index contributed by atoms with van der Waals surface area (Å²) in [6, 6.07) is 5.52. The minimum Gasteiger partial charge on any atom is -0.478 e. The summed E-state index contributed by atoms with van der Waals surface area (Å²) < 4.78 is 6.32. The fourth-order valence-electron chi connectivity index (χ4n) is 2.32. The van der Waals surface area contributed by atoms with Crippen LogP contribution in [0.15, 0.2) is 22.7 Å². The van der Waals surface area contributed by atoms with E-state index in [0.29, 0.717) is 6.04 Å². The Labute approximate surface area is 115 Å². The summed E-state index contributed by atoms with van der Waals surface area (Å²) in [4.78, 5) is 13.1. The summed E-state index contributed by atoms with van der Waals surface area (Å²) in [5.74, 6) is -0.915. The van der Waals surface area contributed by atoms with Gasteiger partial charge in [-0.25, -0.2) is 4.79 Å². The molecule has 1 fully saturated rings. The van der Waals surface area contributed by atoms with E-state index in [1.807, 2.05) is 20.0 Å². The molecule has 0 amide bonds. The quantitative estimate of drug-likeness (QED) is 0.932. The lowest BCUT2D eigenvalue weighted by molar-refractivity contribution is 0.0697. The van der Waals surface area contributed by atoms with Gasteiger partial charge >= 0.3 is 5.97 Å². The van der Waals surface area contributed by atoms with Crippen LogP contribution in [0, 0.1) is 0 Å². The van der Waals surface area contributed by atoms with Gasteiger partial charge in [-0.2, -0.15) is 0 Å². The topological polar surface area (TPSA) is 49.8 Å². The highest BCUT2D eigenvalue weighted by Gasteiger charge is 2.28.